The van der Waals surface area contributed by atoms with Crippen LogP contribution in [0.4, 0.5) is 0 Å². The van der Waals surface area contributed by atoms with E-state index < -0.39 is 0 Å². The van der Waals surface area contributed by atoms with E-state index in [4.69, 9.17) is 4.74 Å². The smallest absolute Gasteiger partial charge is 0.162 e. The number of carbonyl (C=O) groups excluding carboxylic acids is 1. The fraction of sp³-hybridized carbons (Fsp3) is 0.909. The first-order valence-electron chi connectivity index (χ1n) is 5.61. The van der Waals surface area contributed by atoms with Gasteiger partial charge in [0.05, 0.1) is 12.7 Å². The molecule has 3 rings (SSSR count). The van der Waals surface area contributed by atoms with Gasteiger partial charge in [0.2, 0.25) is 0 Å². The van der Waals surface area contributed by atoms with E-state index in [2.05, 4.69) is 22.6 Å². The number of ether oxygens (including phenoxy) is 1. The molecule has 84 valence electrons. The van der Waals surface area contributed by atoms with Gasteiger partial charge in [-0.1, -0.05) is 22.6 Å². The molecule has 2 aliphatic carbocycles. The van der Waals surface area contributed by atoms with Crippen LogP contribution in [0.15, 0.2) is 0 Å². The lowest BCUT2D eigenvalue weighted by Crippen LogP contribution is -2.49. The molecule has 3 aliphatic rings. The topological polar surface area (TPSA) is 46.5 Å². The van der Waals surface area contributed by atoms with Crippen LogP contribution in [0.1, 0.15) is 12.8 Å². The molecule has 2 bridgehead atoms. The molecular weight excluding hydrogens is 307 g/mol. The maximum Gasteiger partial charge on any atom is 0.162 e. The van der Waals surface area contributed by atoms with E-state index in [1.807, 2.05) is 0 Å². The second kappa shape index (κ2) is 3.67. The van der Waals surface area contributed by atoms with Crippen LogP contribution in [0.5, 0.6) is 0 Å². The molecule has 0 aromatic heterocycles. The molecule has 0 unspecified atom stereocenters. The lowest BCUT2D eigenvalue weighted by Gasteiger charge is -2.40. The predicted octanol–water partition coefficient (Wildman–Crippen LogP) is 1.02. The van der Waals surface area contributed by atoms with E-state index in [1.165, 1.54) is 12.8 Å². The third-order valence-electron chi connectivity index (χ3n) is 4.41. The zero-order chi connectivity index (χ0) is 10.6. The SMILES string of the molecule is O=C1CO[C@H](CO)[C@H]2[C@H]3C[C@H]([C@@H]12)[C@@H](I)C3. The third kappa shape index (κ3) is 1.41. The number of Topliss-reactive ketones (excluding diaryl/α,β-unsaturated/α-hetero) is 1. The molecule has 15 heavy (non-hydrogen) atoms. The van der Waals surface area contributed by atoms with E-state index in [0.29, 0.717) is 21.7 Å². The fourth-order valence-electron chi connectivity index (χ4n) is 3.88. The quantitative estimate of drug-likeness (QED) is 0.579. The largest absolute Gasteiger partial charge is 0.394 e. The molecule has 1 N–H and O–H groups in total. The first-order valence-corrected chi connectivity index (χ1v) is 6.86. The number of aliphatic hydroxyl groups excluding tert-OH is 1. The van der Waals surface area contributed by atoms with Crippen LogP contribution in [0.25, 0.3) is 0 Å². The van der Waals surface area contributed by atoms with Crippen molar-refractivity contribution in [2.45, 2.75) is 22.9 Å². The van der Waals surface area contributed by atoms with Gasteiger partial charge in [-0.05, 0) is 24.7 Å². The minimum absolute atomic E-state index is 0.0730. The van der Waals surface area contributed by atoms with Gasteiger partial charge in [0, 0.05) is 15.8 Å². The molecular formula is C11H15IO3. The van der Waals surface area contributed by atoms with Gasteiger partial charge in [-0.25, -0.2) is 0 Å². The number of rotatable bonds is 1. The molecule has 0 spiro atoms. The Morgan fingerprint density at radius 1 is 1.47 bits per heavy atom. The lowest BCUT2D eigenvalue weighted by atomic mass is 9.73. The maximum atomic E-state index is 11.9. The van der Waals surface area contributed by atoms with Gasteiger partial charge in [-0.2, -0.15) is 0 Å². The minimum Gasteiger partial charge on any atom is -0.394 e. The van der Waals surface area contributed by atoms with Crippen LogP contribution in [0, 0.1) is 23.7 Å². The average Bonchev–Trinajstić information content (AvgIpc) is 2.76. The Hall–Kier alpha value is 0.320. The van der Waals surface area contributed by atoms with Crippen molar-refractivity contribution in [2.24, 2.45) is 23.7 Å². The predicted molar refractivity (Wildman–Crippen MR) is 62.8 cm³/mol. The Morgan fingerprint density at radius 2 is 2.27 bits per heavy atom. The summed E-state index contributed by atoms with van der Waals surface area (Å²) < 4.78 is 6.10. The summed E-state index contributed by atoms with van der Waals surface area (Å²) in [5, 5.41) is 9.28. The van der Waals surface area contributed by atoms with Crippen LogP contribution < -0.4 is 0 Å². The van der Waals surface area contributed by atoms with Crippen LogP contribution in [0.3, 0.4) is 0 Å². The van der Waals surface area contributed by atoms with Crippen LogP contribution in [-0.4, -0.2) is 34.1 Å². The van der Waals surface area contributed by atoms with Gasteiger partial charge >= 0.3 is 0 Å². The van der Waals surface area contributed by atoms with Crippen molar-refractivity contribution in [3.63, 3.8) is 0 Å². The fourth-order valence-corrected chi connectivity index (χ4v) is 5.28. The Kier molecular flexibility index (Phi) is 2.56. The van der Waals surface area contributed by atoms with Crippen molar-refractivity contribution in [1.82, 2.24) is 0 Å². The zero-order valence-electron chi connectivity index (χ0n) is 8.43. The Bertz CT molecular complexity index is 294. The van der Waals surface area contributed by atoms with Crippen molar-refractivity contribution >= 4 is 28.4 Å². The summed E-state index contributed by atoms with van der Waals surface area (Å²) in [6, 6.07) is 0. The normalized spacial score (nSPS) is 53.3. The maximum absolute atomic E-state index is 11.9. The Morgan fingerprint density at radius 3 is 3.00 bits per heavy atom. The summed E-state index contributed by atoms with van der Waals surface area (Å²) in [6.45, 7) is 0.294. The number of hydrogen-bond donors (Lipinski definition) is 1. The van der Waals surface area contributed by atoms with Gasteiger partial charge in [-0.15, -0.1) is 0 Å². The van der Waals surface area contributed by atoms with E-state index in [9.17, 15) is 9.90 Å². The number of fused-ring (bicyclic) bond motifs is 5. The number of halogens is 1. The first-order chi connectivity index (χ1) is 7.22. The molecule has 0 radical (unpaired) electrons. The highest BCUT2D eigenvalue weighted by Gasteiger charge is 2.58. The highest BCUT2D eigenvalue weighted by atomic mass is 127. The number of aliphatic hydroxyl groups is 1. The number of carbonyl (C=O) groups is 1. The first kappa shape index (κ1) is 10.5. The summed E-state index contributed by atoms with van der Waals surface area (Å²) in [5.74, 6) is 1.96. The van der Waals surface area contributed by atoms with E-state index in [-0.39, 0.29) is 31.0 Å². The molecule has 3 nitrogen and oxygen atoms in total. The van der Waals surface area contributed by atoms with Gasteiger partial charge < -0.3 is 9.84 Å². The molecule has 1 heterocycles. The van der Waals surface area contributed by atoms with Crippen molar-refractivity contribution in [3.05, 3.63) is 0 Å². The molecule has 4 heteroatoms. The molecule has 0 aromatic rings. The number of alkyl halides is 1. The van der Waals surface area contributed by atoms with E-state index in [0.717, 1.165) is 0 Å². The molecule has 6 atom stereocenters. The average molecular weight is 322 g/mol. The lowest BCUT2D eigenvalue weighted by molar-refractivity contribution is -0.151. The van der Waals surface area contributed by atoms with Crippen molar-refractivity contribution < 1.29 is 14.6 Å². The molecule has 1 saturated heterocycles. The van der Waals surface area contributed by atoms with Gasteiger partial charge in [0.1, 0.15) is 6.61 Å². The summed E-state index contributed by atoms with van der Waals surface area (Å²) >= 11 is 2.49. The number of ketones is 1. The van der Waals surface area contributed by atoms with Crippen molar-refractivity contribution in [3.8, 4) is 0 Å². The highest BCUT2D eigenvalue weighted by Crippen LogP contribution is 2.57. The molecule has 3 fully saturated rings. The monoisotopic (exact) mass is 322 g/mol. The molecule has 0 amide bonds. The van der Waals surface area contributed by atoms with Gasteiger partial charge in [-0.3, -0.25) is 4.79 Å². The van der Waals surface area contributed by atoms with Crippen molar-refractivity contribution in [1.29, 1.82) is 0 Å². The Labute approximate surface area is 103 Å². The highest BCUT2D eigenvalue weighted by molar-refractivity contribution is 14.1. The van der Waals surface area contributed by atoms with Gasteiger partial charge in [0.15, 0.2) is 5.78 Å². The molecule has 0 aromatic carbocycles. The number of hydrogen-bond acceptors (Lipinski definition) is 3. The zero-order valence-corrected chi connectivity index (χ0v) is 10.6. The summed E-state index contributed by atoms with van der Waals surface area (Å²) in [7, 11) is 0. The summed E-state index contributed by atoms with van der Waals surface area (Å²) in [5.41, 5.74) is 0. The second-order valence-corrected chi connectivity index (χ2v) is 6.61. The van der Waals surface area contributed by atoms with Crippen LogP contribution in [-0.2, 0) is 9.53 Å². The molecule has 2 saturated carbocycles. The van der Waals surface area contributed by atoms with Crippen LogP contribution >= 0.6 is 22.6 Å². The minimum atomic E-state index is -0.0772. The molecule has 1 aliphatic heterocycles. The van der Waals surface area contributed by atoms with Crippen molar-refractivity contribution in [2.75, 3.05) is 13.2 Å². The summed E-state index contributed by atoms with van der Waals surface area (Å²) in [6.07, 6.45) is 2.31. The third-order valence-corrected chi connectivity index (χ3v) is 5.84. The van der Waals surface area contributed by atoms with E-state index in [1.54, 1.807) is 0 Å². The van der Waals surface area contributed by atoms with Crippen LogP contribution in [0.2, 0.25) is 0 Å². The second-order valence-electron chi connectivity index (χ2n) is 5.01. The Balaban J connectivity index is 1.90. The standard InChI is InChI=1S/C11H15IO3/c12-7-2-5-1-6(7)11-8(14)4-15-9(3-13)10(5)11/h5-7,9-11,13H,1-4H2/t5-,6-,7-,9+,10+,11-/m0/s1. The summed E-state index contributed by atoms with van der Waals surface area (Å²) in [4.78, 5) is 11.9. The van der Waals surface area contributed by atoms with E-state index >= 15 is 0 Å². The van der Waals surface area contributed by atoms with Gasteiger partial charge in [0.25, 0.3) is 0 Å².